The third-order valence-electron chi connectivity index (χ3n) is 4.32. The van der Waals surface area contributed by atoms with Crippen LogP contribution >= 0.6 is 0 Å². The smallest absolute Gasteiger partial charge is 0.240 e. The highest BCUT2D eigenvalue weighted by Crippen LogP contribution is 2.40. The third kappa shape index (κ3) is 3.88. The molecule has 4 rings (SSSR count). The first-order chi connectivity index (χ1) is 12.9. The van der Waals surface area contributed by atoms with E-state index < -0.39 is 21.7 Å². The van der Waals surface area contributed by atoms with Crippen molar-refractivity contribution in [3.8, 4) is 0 Å². The van der Waals surface area contributed by atoms with Crippen molar-refractivity contribution < 1.29 is 21.7 Å². The van der Waals surface area contributed by atoms with Crippen LogP contribution in [0.2, 0.25) is 0 Å². The zero-order valence-electron chi connectivity index (χ0n) is 14.0. The van der Waals surface area contributed by atoms with Gasteiger partial charge in [0.25, 0.3) is 0 Å². The van der Waals surface area contributed by atoms with Gasteiger partial charge in [0, 0.05) is 18.5 Å². The van der Waals surface area contributed by atoms with Gasteiger partial charge in [0.15, 0.2) is 5.82 Å². The molecule has 3 aromatic rings. The molecule has 0 spiro atoms. The van der Waals surface area contributed by atoms with E-state index in [9.17, 15) is 17.2 Å². The number of sulfonamides is 1. The Kier molecular flexibility index (Phi) is 4.48. The van der Waals surface area contributed by atoms with Crippen LogP contribution in [0.25, 0.3) is 0 Å². The summed E-state index contributed by atoms with van der Waals surface area (Å²) in [6.07, 6.45) is 0.599. The molecular weight excluding hydrogens is 376 g/mol. The van der Waals surface area contributed by atoms with E-state index in [0.717, 1.165) is 12.1 Å². The molecule has 1 saturated carbocycles. The quantitative estimate of drug-likeness (QED) is 0.698. The lowest BCUT2D eigenvalue weighted by Crippen LogP contribution is -2.26. The molecule has 140 valence electrons. The Morgan fingerprint density at radius 1 is 1.15 bits per heavy atom. The van der Waals surface area contributed by atoms with Crippen LogP contribution in [0.3, 0.4) is 0 Å². The summed E-state index contributed by atoms with van der Waals surface area (Å²) >= 11 is 0. The molecule has 1 aliphatic carbocycles. The molecule has 1 N–H and O–H groups in total. The highest BCUT2D eigenvalue weighted by molar-refractivity contribution is 7.89. The summed E-state index contributed by atoms with van der Waals surface area (Å²) in [5.74, 6) is -0.999. The largest absolute Gasteiger partial charge is 0.339 e. The van der Waals surface area contributed by atoms with Gasteiger partial charge in [0.1, 0.15) is 11.6 Å². The van der Waals surface area contributed by atoms with Crippen LogP contribution in [0.1, 0.15) is 29.6 Å². The average Bonchev–Trinajstić information content (AvgIpc) is 3.23. The maximum Gasteiger partial charge on any atom is 0.240 e. The number of aromatic nitrogens is 2. The summed E-state index contributed by atoms with van der Waals surface area (Å²) in [6, 6.07) is 11.0. The van der Waals surface area contributed by atoms with Gasteiger partial charge in [-0.3, -0.25) is 0 Å². The molecule has 1 heterocycles. The Morgan fingerprint density at radius 2 is 1.93 bits per heavy atom. The van der Waals surface area contributed by atoms with Crippen molar-refractivity contribution in [1.29, 1.82) is 0 Å². The number of benzene rings is 2. The maximum atomic E-state index is 13.7. The van der Waals surface area contributed by atoms with E-state index in [1.165, 1.54) is 18.2 Å². The Balaban J connectivity index is 1.42. The Bertz CT molecular complexity index is 1070. The fourth-order valence-electron chi connectivity index (χ4n) is 2.79. The van der Waals surface area contributed by atoms with Gasteiger partial charge in [-0.15, -0.1) is 0 Å². The second kappa shape index (κ2) is 6.82. The van der Waals surface area contributed by atoms with Crippen molar-refractivity contribution in [3.63, 3.8) is 0 Å². The number of hydrogen-bond acceptors (Lipinski definition) is 5. The van der Waals surface area contributed by atoms with Gasteiger partial charge in [0.05, 0.1) is 10.8 Å². The monoisotopic (exact) mass is 391 g/mol. The summed E-state index contributed by atoms with van der Waals surface area (Å²) in [7, 11) is -3.61. The van der Waals surface area contributed by atoms with Crippen LogP contribution in [-0.2, 0) is 16.4 Å². The summed E-state index contributed by atoms with van der Waals surface area (Å²) < 4.78 is 59.1. The second-order valence-electron chi connectivity index (χ2n) is 6.34. The highest BCUT2D eigenvalue weighted by Gasteiger charge is 2.45. The lowest BCUT2D eigenvalue weighted by Gasteiger charge is -2.05. The molecule has 0 bridgehead atoms. The molecule has 1 aromatic heterocycles. The predicted molar refractivity (Wildman–Crippen MR) is 91.4 cm³/mol. The molecule has 6 nitrogen and oxygen atoms in total. The minimum atomic E-state index is -3.61. The van der Waals surface area contributed by atoms with E-state index in [-0.39, 0.29) is 34.7 Å². The number of nitrogens with zero attached hydrogens (tertiary/aromatic N) is 2. The summed E-state index contributed by atoms with van der Waals surface area (Å²) in [4.78, 5) is 4.40. The Hall–Kier alpha value is -2.65. The Morgan fingerprint density at radius 3 is 2.67 bits per heavy atom. The van der Waals surface area contributed by atoms with Gasteiger partial charge in [-0.1, -0.05) is 29.4 Å². The predicted octanol–water partition coefficient (Wildman–Crippen LogP) is 2.77. The van der Waals surface area contributed by atoms with Crippen LogP contribution in [0, 0.1) is 11.6 Å². The van der Waals surface area contributed by atoms with Crippen molar-refractivity contribution in [2.24, 2.45) is 0 Å². The summed E-state index contributed by atoms with van der Waals surface area (Å²) in [5.41, 5.74) is 0.251. The van der Waals surface area contributed by atoms with E-state index in [0.29, 0.717) is 12.3 Å². The highest BCUT2D eigenvalue weighted by atomic mass is 32.2. The van der Waals surface area contributed by atoms with Crippen molar-refractivity contribution >= 4 is 10.0 Å². The molecule has 9 heteroatoms. The molecule has 1 aliphatic rings. The fraction of sp³-hybridized carbons (Fsp3) is 0.222. The van der Waals surface area contributed by atoms with Crippen LogP contribution in [-0.4, -0.2) is 24.6 Å². The van der Waals surface area contributed by atoms with Gasteiger partial charge in [0.2, 0.25) is 15.9 Å². The first-order valence-corrected chi connectivity index (χ1v) is 9.74. The molecule has 0 amide bonds. The topological polar surface area (TPSA) is 85.1 Å². The molecule has 0 aliphatic heterocycles. The zero-order valence-corrected chi connectivity index (χ0v) is 14.8. The zero-order chi connectivity index (χ0) is 19.0. The molecule has 0 unspecified atom stereocenters. The summed E-state index contributed by atoms with van der Waals surface area (Å²) in [5, 5.41) is 3.80. The van der Waals surface area contributed by atoms with E-state index >= 15 is 0 Å². The molecule has 1 fully saturated rings. The second-order valence-corrected chi connectivity index (χ2v) is 8.06. The first-order valence-electron chi connectivity index (χ1n) is 8.26. The molecule has 2 aromatic carbocycles. The number of hydrogen-bond donors (Lipinski definition) is 1. The van der Waals surface area contributed by atoms with E-state index in [1.54, 1.807) is 18.2 Å². The van der Waals surface area contributed by atoms with E-state index in [2.05, 4.69) is 14.9 Å². The van der Waals surface area contributed by atoms with Crippen LogP contribution < -0.4 is 4.72 Å². The molecule has 0 saturated heterocycles. The average molecular weight is 391 g/mol. The normalized spacial score (nSPS) is 19.2. The minimum absolute atomic E-state index is 0.0583. The van der Waals surface area contributed by atoms with Crippen molar-refractivity contribution in [3.05, 3.63) is 77.4 Å². The standard InChI is InChI=1S/C18H15F2N3O3S/c19-12-7-6-11(15(20)9-12)8-17-21-18(26-22-17)14-10-16(14)23-27(24,25)13-4-2-1-3-5-13/h1-7,9,14,16,23H,8,10H2/t14-,16-/m1/s1. The fourth-order valence-corrected chi connectivity index (χ4v) is 4.10. The minimum Gasteiger partial charge on any atom is -0.339 e. The van der Waals surface area contributed by atoms with Crippen molar-refractivity contribution in [2.75, 3.05) is 0 Å². The Labute approximate surface area is 154 Å². The van der Waals surface area contributed by atoms with Gasteiger partial charge < -0.3 is 4.52 Å². The van der Waals surface area contributed by atoms with Gasteiger partial charge >= 0.3 is 0 Å². The lowest BCUT2D eigenvalue weighted by atomic mass is 10.1. The first kappa shape index (κ1) is 17.7. The molecule has 27 heavy (non-hydrogen) atoms. The van der Waals surface area contributed by atoms with Crippen molar-refractivity contribution in [1.82, 2.24) is 14.9 Å². The molecule has 2 atom stereocenters. The van der Waals surface area contributed by atoms with Gasteiger partial charge in [-0.05, 0) is 30.2 Å². The van der Waals surface area contributed by atoms with E-state index in [1.807, 2.05) is 0 Å². The lowest BCUT2D eigenvalue weighted by molar-refractivity contribution is 0.372. The SMILES string of the molecule is O=S(=O)(N[C@@H]1C[C@H]1c1nc(Cc2ccc(F)cc2F)no1)c1ccccc1. The van der Waals surface area contributed by atoms with Gasteiger partial charge in [-0.2, -0.15) is 4.98 Å². The molecule has 0 radical (unpaired) electrons. The van der Waals surface area contributed by atoms with Gasteiger partial charge in [-0.25, -0.2) is 21.9 Å². The van der Waals surface area contributed by atoms with Crippen molar-refractivity contribution in [2.45, 2.75) is 29.7 Å². The number of rotatable bonds is 6. The van der Waals surface area contributed by atoms with Crippen LogP contribution in [0.4, 0.5) is 8.78 Å². The maximum absolute atomic E-state index is 13.7. The summed E-state index contributed by atoms with van der Waals surface area (Å²) in [6.45, 7) is 0. The molecular formula is C18H15F2N3O3S. The van der Waals surface area contributed by atoms with E-state index in [4.69, 9.17) is 4.52 Å². The number of halogens is 2. The third-order valence-corrected chi connectivity index (χ3v) is 5.82. The number of nitrogens with one attached hydrogen (secondary N) is 1. The van der Waals surface area contributed by atoms with Crippen LogP contribution in [0.15, 0.2) is 57.9 Å². The van der Waals surface area contributed by atoms with Crippen LogP contribution in [0.5, 0.6) is 0 Å².